The molecule has 0 fully saturated rings. The van der Waals surface area contributed by atoms with Crippen molar-refractivity contribution in [3.05, 3.63) is 89.0 Å². The number of nitrogens with zero attached hydrogens (tertiary/aromatic N) is 1. The van der Waals surface area contributed by atoms with Crippen LogP contribution in [-0.4, -0.2) is 27.5 Å². The summed E-state index contributed by atoms with van der Waals surface area (Å²) in [6, 6.07) is 19.1. The number of anilines is 1. The van der Waals surface area contributed by atoms with Crippen molar-refractivity contribution < 1.29 is 17.9 Å². The Kier molecular flexibility index (Phi) is 7.99. The highest BCUT2D eigenvalue weighted by Crippen LogP contribution is 2.26. The number of carbonyl (C=O) groups excluding carboxylic acids is 1. The average Bonchev–Trinajstić information content (AvgIpc) is 2.81. The van der Waals surface area contributed by atoms with Gasteiger partial charge in [-0.2, -0.15) is 0 Å². The van der Waals surface area contributed by atoms with Gasteiger partial charge in [0.1, 0.15) is 5.75 Å². The number of nitrogens with one attached hydrogen (secondary N) is 1. The molecule has 0 aliphatic rings. The van der Waals surface area contributed by atoms with E-state index in [4.69, 9.17) is 4.74 Å². The van der Waals surface area contributed by atoms with Crippen molar-refractivity contribution >= 4 is 21.6 Å². The third kappa shape index (κ3) is 5.78. The molecule has 0 bridgehead atoms. The lowest BCUT2D eigenvalue weighted by Crippen LogP contribution is -2.31. The van der Waals surface area contributed by atoms with Crippen molar-refractivity contribution in [3.63, 3.8) is 0 Å². The first-order chi connectivity index (χ1) is 16.1. The molecule has 0 spiro atoms. The normalized spacial score (nSPS) is 12.1. The standard InChI is InChI=1S/C27H32N2O4S/c1-6-29(34(31,32)25-10-8-7-9-11-25)23-12-14-24(15-13-23)33-18-27(30)28-22(5)26-17-20(3)19(2)16-21(26)4/h7-17,22H,6,18H2,1-5H3,(H,28,30)/t22-/m1/s1. The summed E-state index contributed by atoms with van der Waals surface area (Å²) in [6.07, 6.45) is 0. The third-order valence-electron chi connectivity index (χ3n) is 5.84. The number of aryl methyl sites for hydroxylation is 3. The molecular formula is C27H32N2O4S. The monoisotopic (exact) mass is 480 g/mol. The van der Waals surface area contributed by atoms with E-state index in [-0.39, 0.29) is 30.0 Å². The fourth-order valence-corrected chi connectivity index (χ4v) is 5.37. The molecule has 34 heavy (non-hydrogen) atoms. The maximum absolute atomic E-state index is 13.0. The van der Waals surface area contributed by atoms with Gasteiger partial charge in [0, 0.05) is 6.54 Å². The molecule has 0 aromatic heterocycles. The molecule has 0 radical (unpaired) electrons. The third-order valence-corrected chi connectivity index (χ3v) is 7.76. The molecule has 0 aliphatic heterocycles. The van der Waals surface area contributed by atoms with Crippen LogP contribution in [0.3, 0.4) is 0 Å². The second-order valence-electron chi connectivity index (χ2n) is 8.35. The van der Waals surface area contributed by atoms with Crippen LogP contribution in [0.4, 0.5) is 5.69 Å². The van der Waals surface area contributed by atoms with E-state index in [0.29, 0.717) is 11.4 Å². The molecule has 0 saturated carbocycles. The van der Waals surface area contributed by atoms with Crippen molar-refractivity contribution in [1.82, 2.24) is 5.32 Å². The zero-order chi connectivity index (χ0) is 24.9. The summed E-state index contributed by atoms with van der Waals surface area (Å²) in [5, 5.41) is 2.98. The van der Waals surface area contributed by atoms with Crippen molar-refractivity contribution in [2.45, 2.75) is 45.6 Å². The summed E-state index contributed by atoms with van der Waals surface area (Å²) in [7, 11) is -3.66. The second-order valence-corrected chi connectivity index (χ2v) is 10.2. The van der Waals surface area contributed by atoms with Crippen LogP contribution >= 0.6 is 0 Å². The zero-order valence-electron chi connectivity index (χ0n) is 20.3. The summed E-state index contributed by atoms with van der Waals surface area (Å²) in [5.41, 5.74) is 5.17. The first kappa shape index (κ1) is 25.3. The maximum atomic E-state index is 13.0. The summed E-state index contributed by atoms with van der Waals surface area (Å²) < 4.78 is 33.0. The molecule has 1 N–H and O–H groups in total. The number of hydrogen-bond donors (Lipinski definition) is 1. The molecule has 6 nitrogen and oxygen atoms in total. The van der Waals surface area contributed by atoms with E-state index >= 15 is 0 Å². The van der Waals surface area contributed by atoms with Crippen LogP contribution in [0.15, 0.2) is 71.6 Å². The van der Waals surface area contributed by atoms with E-state index in [1.807, 2.05) is 13.8 Å². The van der Waals surface area contributed by atoms with Gasteiger partial charge in [0.15, 0.2) is 6.61 Å². The Morgan fingerprint density at radius 2 is 1.56 bits per heavy atom. The van der Waals surface area contributed by atoms with Crippen molar-refractivity contribution in [1.29, 1.82) is 0 Å². The van der Waals surface area contributed by atoms with Crippen LogP contribution in [0.2, 0.25) is 0 Å². The number of ether oxygens (including phenoxy) is 1. The fourth-order valence-electron chi connectivity index (χ4n) is 3.88. The van der Waals surface area contributed by atoms with Crippen molar-refractivity contribution in [2.75, 3.05) is 17.5 Å². The summed E-state index contributed by atoms with van der Waals surface area (Å²) in [4.78, 5) is 12.7. The molecule has 1 atom stereocenters. The maximum Gasteiger partial charge on any atom is 0.264 e. The van der Waals surface area contributed by atoms with Gasteiger partial charge in [0.2, 0.25) is 0 Å². The molecule has 3 rings (SSSR count). The SMILES string of the molecule is CCN(c1ccc(OCC(=O)N[C@H](C)c2cc(C)c(C)cc2C)cc1)S(=O)(=O)c1ccccc1. The van der Waals surface area contributed by atoms with Gasteiger partial charge in [0.25, 0.3) is 15.9 Å². The number of hydrogen-bond acceptors (Lipinski definition) is 4. The van der Waals surface area contributed by atoms with E-state index < -0.39 is 10.0 Å². The molecular weight excluding hydrogens is 448 g/mol. The van der Waals surface area contributed by atoms with E-state index in [9.17, 15) is 13.2 Å². The molecule has 1 amide bonds. The Balaban J connectivity index is 1.62. The highest BCUT2D eigenvalue weighted by Gasteiger charge is 2.23. The minimum atomic E-state index is -3.66. The van der Waals surface area contributed by atoms with Crippen LogP contribution in [0.25, 0.3) is 0 Å². The number of amides is 1. The van der Waals surface area contributed by atoms with Gasteiger partial charge in [-0.1, -0.05) is 30.3 Å². The van der Waals surface area contributed by atoms with Crippen LogP contribution in [-0.2, 0) is 14.8 Å². The average molecular weight is 481 g/mol. The molecule has 3 aromatic rings. The first-order valence-corrected chi connectivity index (χ1v) is 12.7. The van der Waals surface area contributed by atoms with Gasteiger partial charge in [0.05, 0.1) is 16.6 Å². The summed E-state index contributed by atoms with van der Waals surface area (Å²) >= 11 is 0. The Hall–Kier alpha value is -3.32. The number of carbonyl (C=O) groups is 1. The van der Waals surface area contributed by atoms with Gasteiger partial charge >= 0.3 is 0 Å². The fraction of sp³-hybridized carbons (Fsp3) is 0.296. The highest BCUT2D eigenvalue weighted by atomic mass is 32.2. The van der Waals surface area contributed by atoms with E-state index in [1.54, 1.807) is 61.5 Å². The molecule has 3 aromatic carbocycles. The van der Waals surface area contributed by atoms with Crippen LogP contribution in [0.1, 0.15) is 42.1 Å². The Labute approximate surface area is 202 Å². The quantitative estimate of drug-likeness (QED) is 0.463. The van der Waals surface area contributed by atoms with Gasteiger partial charge in [-0.15, -0.1) is 0 Å². The van der Waals surface area contributed by atoms with Crippen molar-refractivity contribution in [3.8, 4) is 5.75 Å². The van der Waals surface area contributed by atoms with Gasteiger partial charge < -0.3 is 10.1 Å². The first-order valence-electron chi connectivity index (χ1n) is 11.3. The molecule has 0 heterocycles. The Morgan fingerprint density at radius 1 is 0.941 bits per heavy atom. The molecule has 0 saturated heterocycles. The molecule has 180 valence electrons. The Morgan fingerprint density at radius 3 is 2.18 bits per heavy atom. The summed E-state index contributed by atoms with van der Waals surface area (Å²) in [6.45, 7) is 10.1. The van der Waals surface area contributed by atoms with E-state index in [0.717, 1.165) is 11.1 Å². The van der Waals surface area contributed by atoms with Crippen LogP contribution in [0, 0.1) is 20.8 Å². The number of sulfonamides is 1. The second kappa shape index (κ2) is 10.7. The number of benzene rings is 3. The lowest BCUT2D eigenvalue weighted by molar-refractivity contribution is -0.123. The Bertz CT molecular complexity index is 1240. The molecule has 0 unspecified atom stereocenters. The molecule has 0 aliphatic carbocycles. The molecule has 7 heteroatoms. The lowest BCUT2D eigenvalue weighted by atomic mass is 9.96. The van der Waals surface area contributed by atoms with Gasteiger partial charge in [-0.3, -0.25) is 9.10 Å². The van der Waals surface area contributed by atoms with Gasteiger partial charge in [-0.25, -0.2) is 8.42 Å². The van der Waals surface area contributed by atoms with E-state index in [1.165, 1.54) is 15.4 Å². The van der Waals surface area contributed by atoms with E-state index in [2.05, 4.69) is 31.3 Å². The predicted molar refractivity (Wildman–Crippen MR) is 136 cm³/mol. The largest absolute Gasteiger partial charge is 0.484 e. The topological polar surface area (TPSA) is 75.7 Å². The predicted octanol–water partition coefficient (Wildman–Crippen LogP) is 5.08. The smallest absolute Gasteiger partial charge is 0.264 e. The minimum absolute atomic E-state index is 0.132. The summed E-state index contributed by atoms with van der Waals surface area (Å²) in [5.74, 6) is 0.262. The van der Waals surface area contributed by atoms with Crippen molar-refractivity contribution in [2.24, 2.45) is 0 Å². The van der Waals surface area contributed by atoms with Gasteiger partial charge in [-0.05, 0) is 93.3 Å². The zero-order valence-corrected chi connectivity index (χ0v) is 21.1. The van der Waals surface area contributed by atoms with Crippen LogP contribution in [0.5, 0.6) is 5.75 Å². The highest BCUT2D eigenvalue weighted by molar-refractivity contribution is 7.92. The minimum Gasteiger partial charge on any atom is -0.484 e. The number of rotatable bonds is 9. The lowest BCUT2D eigenvalue weighted by Gasteiger charge is -2.23. The van der Waals surface area contributed by atoms with Crippen LogP contribution < -0.4 is 14.4 Å².